The van der Waals surface area contributed by atoms with Crippen molar-refractivity contribution in [2.24, 2.45) is 0 Å². The van der Waals surface area contributed by atoms with Crippen molar-refractivity contribution in [3.05, 3.63) is 0 Å². The number of unbranched alkanes of at least 4 members (excludes halogenated alkanes) is 13. The normalized spacial score (nSPS) is 13.2. The molecule has 0 aliphatic heterocycles. The number of rotatable bonds is 20. The van der Waals surface area contributed by atoms with Crippen LogP contribution in [0.3, 0.4) is 0 Å². The van der Waals surface area contributed by atoms with E-state index in [0.717, 1.165) is 12.8 Å². The average Bonchev–Trinajstić information content (AvgIpc) is 2.59. The second kappa shape index (κ2) is 18.4. The maximum atomic E-state index is 10.5. The minimum absolute atomic E-state index is 0.0401. The molecule has 0 bridgehead atoms. The van der Waals surface area contributed by atoms with Crippen molar-refractivity contribution in [2.45, 2.75) is 103 Å². The Hall–Kier alpha value is 0.0300. The minimum Gasteiger partial charge on any atom is -0.388 e. The van der Waals surface area contributed by atoms with E-state index >= 15 is 0 Å². The van der Waals surface area contributed by atoms with Gasteiger partial charge in [0.2, 0.25) is 0 Å². The molecule has 0 spiro atoms. The van der Waals surface area contributed by atoms with Gasteiger partial charge in [0, 0.05) is 6.61 Å². The molecule has 0 fully saturated rings. The van der Waals surface area contributed by atoms with Gasteiger partial charge in [-0.25, -0.2) is 4.57 Å². The summed E-state index contributed by atoms with van der Waals surface area (Å²) in [5.41, 5.74) is 0. The Labute approximate surface area is 159 Å². The molecule has 6 nitrogen and oxygen atoms in total. The van der Waals surface area contributed by atoms with Gasteiger partial charge >= 0.3 is 7.82 Å². The zero-order valence-corrected chi connectivity index (χ0v) is 17.5. The van der Waals surface area contributed by atoms with E-state index in [1.165, 1.54) is 77.0 Å². The molecule has 7 heteroatoms. The van der Waals surface area contributed by atoms with Crippen LogP contribution in [0.5, 0.6) is 0 Å². The first-order chi connectivity index (χ1) is 12.5. The summed E-state index contributed by atoms with van der Waals surface area (Å²) in [7, 11) is -4.51. The van der Waals surface area contributed by atoms with Gasteiger partial charge in [-0.1, -0.05) is 90.4 Å². The van der Waals surface area contributed by atoms with Gasteiger partial charge in [-0.15, -0.1) is 0 Å². The van der Waals surface area contributed by atoms with E-state index in [1.54, 1.807) is 0 Å². The van der Waals surface area contributed by atoms with E-state index in [0.29, 0.717) is 6.61 Å². The first-order valence-electron chi connectivity index (χ1n) is 10.4. The molecular formula is C19H41O6P. The number of hydrogen-bond donors (Lipinski definition) is 3. The summed E-state index contributed by atoms with van der Waals surface area (Å²) in [6.07, 6.45) is 17.3. The van der Waals surface area contributed by atoms with Crippen LogP contribution in [0, 0.1) is 0 Å². The molecule has 0 amide bonds. The third-order valence-electron chi connectivity index (χ3n) is 4.39. The predicted molar refractivity (Wildman–Crippen MR) is 105 cm³/mol. The van der Waals surface area contributed by atoms with Gasteiger partial charge in [-0.05, 0) is 6.42 Å². The monoisotopic (exact) mass is 396 g/mol. The number of hydrogen-bond acceptors (Lipinski definition) is 4. The topological polar surface area (TPSA) is 96.2 Å². The number of ether oxygens (including phenoxy) is 1. The molecule has 0 heterocycles. The fourth-order valence-electron chi connectivity index (χ4n) is 2.85. The van der Waals surface area contributed by atoms with Crippen molar-refractivity contribution < 1.29 is 28.7 Å². The van der Waals surface area contributed by atoms with Crippen LogP contribution < -0.4 is 0 Å². The number of phosphoric acid groups is 1. The van der Waals surface area contributed by atoms with Crippen LogP contribution in [-0.4, -0.2) is 40.8 Å². The van der Waals surface area contributed by atoms with Crippen molar-refractivity contribution in [3.63, 3.8) is 0 Å². The van der Waals surface area contributed by atoms with Crippen LogP contribution in [-0.2, 0) is 13.8 Å². The third-order valence-corrected chi connectivity index (χ3v) is 4.87. The van der Waals surface area contributed by atoms with Crippen LogP contribution in [0.2, 0.25) is 0 Å². The molecule has 1 atom stereocenters. The Morgan fingerprint density at radius 2 is 1.15 bits per heavy atom. The smallest absolute Gasteiger partial charge is 0.388 e. The summed E-state index contributed by atoms with van der Waals surface area (Å²) in [6, 6.07) is 0. The lowest BCUT2D eigenvalue weighted by Gasteiger charge is -2.12. The Kier molecular flexibility index (Phi) is 18.4. The highest BCUT2D eigenvalue weighted by Gasteiger charge is 2.16. The number of phosphoric ester groups is 1. The van der Waals surface area contributed by atoms with Crippen LogP contribution >= 0.6 is 7.82 Å². The van der Waals surface area contributed by atoms with E-state index in [2.05, 4.69) is 11.4 Å². The fourth-order valence-corrected chi connectivity index (χ4v) is 3.22. The Balaban J connectivity index is 3.14. The Morgan fingerprint density at radius 1 is 0.731 bits per heavy atom. The lowest BCUT2D eigenvalue weighted by Crippen LogP contribution is -2.21. The molecule has 158 valence electrons. The molecule has 0 radical (unpaired) electrons. The minimum atomic E-state index is -4.51. The maximum absolute atomic E-state index is 10.5. The fraction of sp³-hybridized carbons (Fsp3) is 1.00. The highest BCUT2D eigenvalue weighted by molar-refractivity contribution is 7.46. The van der Waals surface area contributed by atoms with Crippen molar-refractivity contribution in [3.8, 4) is 0 Å². The highest BCUT2D eigenvalue weighted by Crippen LogP contribution is 2.35. The van der Waals surface area contributed by atoms with Crippen LogP contribution in [0.4, 0.5) is 0 Å². The van der Waals surface area contributed by atoms with Gasteiger partial charge in [0.05, 0.1) is 13.2 Å². The summed E-state index contributed by atoms with van der Waals surface area (Å²) in [6.45, 7) is 2.44. The Bertz CT molecular complexity index is 334. The lowest BCUT2D eigenvalue weighted by molar-refractivity contribution is 0.00476. The van der Waals surface area contributed by atoms with E-state index < -0.39 is 20.5 Å². The molecule has 0 saturated heterocycles. The van der Waals surface area contributed by atoms with Crippen molar-refractivity contribution in [2.75, 3.05) is 19.8 Å². The van der Waals surface area contributed by atoms with Crippen molar-refractivity contribution in [1.29, 1.82) is 0 Å². The van der Waals surface area contributed by atoms with E-state index in [4.69, 9.17) is 14.5 Å². The zero-order valence-electron chi connectivity index (χ0n) is 16.6. The molecule has 0 rings (SSSR count). The second-order valence-electron chi connectivity index (χ2n) is 7.11. The summed E-state index contributed by atoms with van der Waals surface area (Å²) in [5.74, 6) is 0. The summed E-state index contributed by atoms with van der Waals surface area (Å²) < 4.78 is 20.0. The zero-order chi connectivity index (χ0) is 19.5. The van der Waals surface area contributed by atoms with E-state index in [1.807, 2.05) is 0 Å². The van der Waals surface area contributed by atoms with Gasteiger partial charge in [0.1, 0.15) is 6.10 Å². The molecule has 0 aliphatic rings. The molecule has 0 unspecified atom stereocenters. The summed E-state index contributed by atoms with van der Waals surface area (Å²) in [5, 5.41) is 9.43. The third kappa shape index (κ3) is 22.1. The Morgan fingerprint density at radius 3 is 1.58 bits per heavy atom. The highest BCUT2D eigenvalue weighted by atomic mass is 31.2. The van der Waals surface area contributed by atoms with Crippen molar-refractivity contribution >= 4 is 7.82 Å². The van der Waals surface area contributed by atoms with E-state index in [9.17, 15) is 9.67 Å². The molecular weight excluding hydrogens is 355 g/mol. The van der Waals surface area contributed by atoms with Gasteiger partial charge in [0.15, 0.2) is 0 Å². The maximum Gasteiger partial charge on any atom is 0.469 e. The summed E-state index contributed by atoms with van der Waals surface area (Å²) >= 11 is 0. The molecule has 26 heavy (non-hydrogen) atoms. The molecule has 0 aromatic heterocycles. The van der Waals surface area contributed by atoms with Crippen LogP contribution in [0.25, 0.3) is 0 Å². The van der Waals surface area contributed by atoms with Gasteiger partial charge < -0.3 is 19.6 Å². The SMILES string of the molecule is CCCCCCCCCCCCCCCCOC[C@@H](O)COP(=O)(O)O. The molecule has 0 aliphatic carbocycles. The average molecular weight is 397 g/mol. The summed E-state index contributed by atoms with van der Waals surface area (Å²) in [4.78, 5) is 17.0. The standard InChI is InChI=1S/C19H41O6P/c1-2-3-4-5-6-7-8-9-10-11-12-13-14-15-16-24-17-19(20)18-25-26(21,22)23/h19-20H,2-18H2,1H3,(H2,21,22,23)/t19-/m1/s1. The van der Waals surface area contributed by atoms with Crippen molar-refractivity contribution in [1.82, 2.24) is 0 Å². The number of aliphatic hydroxyl groups is 1. The largest absolute Gasteiger partial charge is 0.469 e. The first-order valence-corrected chi connectivity index (χ1v) is 11.9. The van der Waals surface area contributed by atoms with Gasteiger partial charge in [0.25, 0.3) is 0 Å². The molecule has 0 aromatic rings. The molecule has 3 N–H and O–H groups in total. The lowest BCUT2D eigenvalue weighted by atomic mass is 10.0. The quantitative estimate of drug-likeness (QED) is 0.199. The van der Waals surface area contributed by atoms with Gasteiger partial charge in [-0.2, -0.15) is 0 Å². The molecule has 0 aromatic carbocycles. The van der Waals surface area contributed by atoms with Crippen LogP contribution in [0.1, 0.15) is 96.8 Å². The number of aliphatic hydroxyl groups excluding tert-OH is 1. The predicted octanol–water partition coefficient (Wildman–Crippen LogP) is 4.95. The van der Waals surface area contributed by atoms with E-state index in [-0.39, 0.29) is 6.61 Å². The molecule has 0 saturated carbocycles. The first kappa shape index (κ1) is 26.0. The second-order valence-corrected chi connectivity index (χ2v) is 8.35. The van der Waals surface area contributed by atoms with Gasteiger partial charge in [-0.3, -0.25) is 4.52 Å². The van der Waals surface area contributed by atoms with Crippen LogP contribution in [0.15, 0.2) is 0 Å².